The van der Waals surface area contributed by atoms with Crippen LogP contribution in [0.1, 0.15) is 34.6 Å². The van der Waals surface area contributed by atoms with E-state index in [0.29, 0.717) is 36.5 Å². The van der Waals surface area contributed by atoms with Gasteiger partial charge in [-0.3, -0.25) is 9.59 Å². The predicted molar refractivity (Wildman–Crippen MR) is 92.4 cm³/mol. The third-order valence-corrected chi connectivity index (χ3v) is 4.45. The van der Waals surface area contributed by atoms with E-state index >= 15 is 0 Å². The molecule has 2 amide bonds. The van der Waals surface area contributed by atoms with Crippen LogP contribution in [-0.4, -0.2) is 70.5 Å². The van der Waals surface area contributed by atoms with Crippen molar-refractivity contribution in [1.29, 1.82) is 0 Å². The van der Waals surface area contributed by atoms with Crippen LogP contribution in [0.2, 0.25) is 0 Å². The Labute approximate surface area is 152 Å². The topological polar surface area (TPSA) is 134 Å². The van der Waals surface area contributed by atoms with E-state index in [2.05, 4.69) is 20.6 Å². The molecule has 1 aliphatic carbocycles. The fourth-order valence-corrected chi connectivity index (χ4v) is 3.10. The second-order valence-electron chi connectivity index (χ2n) is 6.36. The summed E-state index contributed by atoms with van der Waals surface area (Å²) in [5.41, 5.74) is 1.54. The zero-order valence-electron chi connectivity index (χ0n) is 15.1. The van der Waals surface area contributed by atoms with Crippen LogP contribution in [0.4, 0.5) is 0 Å². The highest BCUT2D eigenvalue weighted by Gasteiger charge is 2.38. The van der Waals surface area contributed by atoms with E-state index in [1.54, 1.807) is 13.8 Å². The van der Waals surface area contributed by atoms with Gasteiger partial charge in [0.25, 0.3) is 5.91 Å². The number of ether oxygens (including phenoxy) is 1. The molecule has 2 rings (SSSR count). The van der Waals surface area contributed by atoms with Crippen molar-refractivity contribution in [2.75, 3.05) is 26.4 Å². The highest BCUT2D eigenvalue weighted by Crippen LogP contribution is 2.26. The maximum atomic E-state index is 12.5. The van der Waals surface area contributed by atoms with E-state index in [0.717, 1.165) is 0 Å². The maximum absolute atomic E-state index is 12.5. The molecule has 26 heavy (non-hydrogen) atoms. The molecular formula is C17H26N4O5. The van der Waals surface area contributed by atoms with E-state index in [1.165, 1.54) is 6.33 Å². The standard InChI is InChI=1S/C17H26N4O5/c1-10-15(11(2)20-9-19-10)17(25)21-13-7-12(8-14(13)23)16(24)18-3-5-26-6-4-22/h9,12-14,22-23H,3-8H2,1-2H3,(H,18,24)(H,21,25)/t12-,13+,14+/m0/s1. The highest BCUT2D eigenvalue weighted by atomic mass is 16.5. The van der Waals surface area contributed by atoms with Gasteiger partial charge in [-0.25, -0.2) is 9.97 Å². The van der Waals surface area contributed by atoms with Gasteiger partial charge in [0.2, 0.25) is 5.91 Å². The third kappa shape index (κ3) is 5.20. The second-order valence-corrected chi connectivity index (χ2v) is 6.36. The van der Waals surface area contributed by atoms with Gasteiger partial charge in [-0.2, -0.15) is 0 Å². The van der Waals surface area contributed by atoms with Crippen LogP contribution in [0.15, 0.2) is 6.33 Å². The van der Waals surface area contributed by atoms with Crippen LogP contribution in [-0.2, 0) is 9.53 Å². The van der Waals surface area contributed by atoms with E-state index in [-0.39, 0.29) is 37.4 Å². The van der Waals surface area contributed by atoms with Crippen molar-refractivity contribution in [3.8, 4) is 0 Å². The molecule has 9 heteroatoms. The van der Waals surface area contributed by atoms with Gasteiger partial charge < -0.3 is 25.6 Å². The third-order valence-electron chi connectivity index (χ3n) is 4.45. The number of nitrogens with one attached hydrogen (secondary N) is 2. The van der Waals surface area contributed by atoms with Crippen molar-refractivity contribution in [3.63, 3.8) is 0 Å². The number of carbonyl (C=O) groups is 2. The summed E-state index contributed by atoms with van der Waals surface area (Å²) in [5, 5.41) is 24.4. The van der Waals surface area contributed by atoms with Crippen molar-refractivity contribution >= 4 is 11.8 Å². The number of carbonyl (C=O) groups excluding carboxylic acids is 2. The summed E-state index contributed by atoms with van der Waals surface area (Å²) in [6.07, 6.45) is 1.27. The first-order valence-electron chi connectivity index (χ1n) is 8.67. The molecule has 1 saturated carbocycles. The number of hydrogen-bond acceptors (Lipinski definition) is 7. The van der Waals surface area contributed by atoms with E-state index in [4.69, 9.17) is 9.84 Å². The molecule has 0 aromatic carbocycles. The van der Waals surface area contributed by atoms with Crippen LogP contribution in [0.5, 0.6) is 0 Å². The maximum Gasteiger partial charge on any atom is 0.255 e. The number of nitrogens with zero attached hydrogens (tertiary/aromatic N) is 2. The minimum Gasteiger partial charge on any atom is -0.394 e. The summed E-state index contributed by atoms with van der Waals surface area (Å²) in [4.78, 5) is 32.7. The smallest absolute Gasteiger partial charge is 0.255 e. The van der Waals surface area contributed by atoms with Crippen LogP contribution in [0, 0.1) is 19.8 Å². The largest absolute Gasteiger partial charge is 0.394 e. The molecule has 0 unspecified atom stereocenters. The van der Waals surface area contributed by atoms with Crippen LogP contribution >= 0.6 is 0 Å². The Bertz CT molecular complexity index is 619. The zero-order chi connectivity index (χ0) is 19.1. The molecule has 3 atom stereocenters. The van der Waals surface area contributed by atoms with Crippen LogP contribution in [0.3, 0.4) is 0 Å². The number of aromatic nitrogens is 2. The van der Waals surface area contributed by atoms with Crippen molar-refractivity contribution in [1.82, 2.24) is 20.6 Å². The molecule has 1 aliphatic rings. The first kappa shape index (κ1) is 20.2. The Morgan fingerprint density at radius 3 is 2.58 bits per heavy atom. The van der Waals surface area contributed by atoms with Crippen molar-refractivity contribution in [2.45, 2.75) is 38.8 Å². The molecule has 0 saturated heterocycles. The number of aliphatic hydroxyl groups excluding tert-OH is 2. The second kappa shape index (κ2) is 9.56. The predicted octanol–water partition coefficient (Wildman–Crippen LogP) is -0.912. The normalized spacial score (nSPS) is 22.2. The Morgan fingerprint density at radius 2 is 1.92 bits per heavy atom. The molecule has 4 N–H and O–H groups in total. The van der Waals surface area contributed by atoms with Gasteiger partial charge in [-0.05, 0) is 26.7 Å². The molecule has 0 bridgehead atoms. The SMILES string of the molecule is Cc1ncnc(C)c1C(=O)N[C@@H]1C[C@H](C(=O)NCCOCCO)C[C@H]1O. The molecule has 1 aromatic rings. The molecule has 0 spiro atoms. The fourth-order valence-electron chi connectivity index (χ4n) is 3.10. The van der Waals surface area contributed by atoms with Crippen LogP contribution < -0.4 is 10.6 Å². The van der Waals surface area contributed by atoms with Crippen molar-refractivity contribution < 1.29 is 24.5 Å². The zero-order valence-corrected chi connectivity index (χ0v) is 15.1. The molecule has 0 aliphatic heterocycles. The quantitative estimate of drug-likeness (QED) is 0.438. The number of amides is 2. The summed E-state index contributed by atoms with van der Waals surface area (Å²) in [5.74, 6) is -0.894. The van der Waals surface area contributed by atoms with Gasteiger partial charge in [0, 0.05) is 12.5 Å². The average molecular weight is 366 g/mol. The number of hydrogen-bond donors (Lipinski definition) is 4. The van der Waals surface area contributed by atoms with Crippen molar-refractivity contribution in [3.05, 3.63) is 23.3 Å². The molecule has 0 radical (unpaired) electrons. The summed E-state index contributed by atoms with van der Waals surface area (Å²) >= 11 is 0. The van der Waals surface area contributed by atoms with Gasteiger partial charge in [0.05, 0.1) is 48.9 Å². The molecule has 1 aromatic heterocycles. The fraction of sp³-hybridized carbons (Fsp3) is 0.647. The van der Waals surface area contributed by atoms with Gasteiger partial charge in [-0.1, -0.05) is 0 Å². The summed E-state index contributed by atoms with van der Waals surface area (Å²) in [6, 6.07) is -0.497. The minimum absolute atomic E-state index is 0.0600. The molecule has 1 fully saturated rings. The Morgan fingerprint density at radius 1 is 1.23 bits per heavy atom. The Balaban J connectivity index is 1.86. The lowest BCUT2D eigenvalue weighted by atomic mass is 10.1. The highest BCUT2D eigenvalue weighted by molar-refractivity contribution is 5.96. The van der Waals surface area contributed by atoms with Gasteiger partial charge in [-0.15, -0.1) is 0 Å². The number of rotatable bonds is 8. The van der Waals surface area contributed by atoms with E-state index in [1.807, 2.05) is 0 Å². The molecule has 144 valence electrons. The van der Waals surface area contributed by atoms with E-state index < -0.39 is 12.1 Å². The van der Waals surface area contributed by atoms with Gasteiger partial charge in [0.1, 0.15) is 6.33 Å². The first-order chi connectivity index (χ1) is 12.4. The lowest BCUT2D eigenvalue weighted by Crippen LogP contribution is -2.40. The molecule has 9 nitrogen and oxygen atoms in total. The average Bonchev–Trinajstić information content (AvgIpc) is 2.95. The summed E-state index contributed by atoms with van der Waals surface area (Å²) in [7, 11) is 0. The van der Waals surface area contributed by atoms with Crippen molar-refractivity contribution in [2.24, 2.45) is 5.92 Å². The minimum atomic E-state index is -0.786. The lowest BCUT2D eigenvalue weighted by Gasteiger charge is -2.17. The van der Waals surface area contributed by atoms with Gasteiger partial charge >= 0.3 is 0 Å². The molecule has 1 heterocycles. The number of aliphatic hydroxyl groups is 2. The molecular weight excluding hydrogens is 340 g/mol. The Hall–Kier alpha value is -2.10. The van der Waals surface area contributed by atoms with Gasteiger partial charge in [0.15, 0.2) is 0 Å². The Kier molecular flexibility index (Phi) is 7.43. The van der Waals surface area contributed by atoms with Crippen LogP contribution in [0.25, 0.3) is 0 Å². The lowest BCUT2D eigenvalue weighted by molar-refractivity contribution is -0.125. The first-order valence-corrected chi connectivity index (χ1v) is 8.67. The number of aryl methyl sites for hydroxylation is 2. The summed E-state index contributed by atoms with van der Waals surface area (Å²) in [6.45, 7) is 4.27. The van der Waals surface area contributed by atoms with E-state index in [9.17, 15) is 14.7 Å². The monoisotopic (exact) mass is 366 g/mol. The summed E-state index contributed by atoms with van der Waals surface area (Å²) < 4.78 is 5.08.